The highest BCUT2D eigenvalue weighted by Crippen LogP contribution is 2.42. The highest BCUT2D eigenvalue weighted by molar-refractivity contribution is 5.30. The minimum atomic E-state index is -3.70. The smallest absolute Gasteiger partial charge is 0.309 e. The lowest BCUT2D eigenvalue weighted by Gasteiger charge is -2.29. The maximum Gasteiger partial charge on any atom is 0.386 e. The van der Waals surface area contributed by atoms with Gasteiger partial charge in [-0.2, -0.15) is 8.78 Å². The molecule has 2 saturated carbocycles. The Bertz CT molecular complexity index is 1000. The summed E-state index contributed by atoms with van der Waals surface area (Å²) in [6.45, 7) is 6.08. The van der Waals surface area contributed by atoms with Crippen molar-refractivity contribution < 1.29 is 17.9 Å². The predicted octanol–water partition coefficient (Wildman–Crippen LogP) is 11.6. The van der Waals surface area contributed by atoms with Gasteiger partial charge >= 0.3 is 6.11 Å². The normalized spacial score (nSPS) is 25.0. The van der Waals surface area contributed by atoms with Gasteiger partial charge in [-0.05, 0) is 111 Å². The summed E-state index contributed by atoms with van der Waals surface area (Å²) in [4.78, 5) is 0. The van der Waals surface area contributed by atoms with Crippen molar-refractivity contribution in [1.82, 2.24) is 0 Å². The molecule has 2 aromatic rings. The molecule has 0 aliphatic heterocycles. The van der Waals surface area contributed by atoms with Crippen molar-refractivity contribution in [2.45, 2.75) is 135 Å². The molecule has 0 saturated heterocycles. The minimum absolute atomic E-state index is 0.254. The van der Waals surface area contributed by atoms with Crippen LogP contribution >= 0.6 is 0 Å². The molecule has 0 amide bonds. The molecule has 216 valence electrons. The Morgan fingerprint density at radius 1 is 0.744 bits per heavy atom. The zero-order valence-corrected chi connectivity index (χ0v) is 24.4. The van der Waals surface area contributed by atoms with Crippen molar-refractivity contribution in [3.8, 4) is 0 Å². The van der Waals surface area contributed by atoms with Gasteiger partial charge < -0.3 is 4.74 Å². The van der Waals surface area contributed by atoms with Crippen molar-refractivity contribution in [1.29, 1.82) is 0 Å². The van der Waals surface area contributed by atoms with Crippen molar-refractivity contribution in [3.63, 3.8) is 0 Å². The molecule has 0 bridgehead atoms. The number of halogens is 3. The van der Waals surface area contributed by atoms with E-state index in [0.717, 1.165) is 43.1 Å². The fourth-order valence-electron chi connectivity index (χ4n) is 7.07. The molecule has 2 fully saturated rings. The molecule has 0 aromatic heterocycles. The molecule has 1 atom stereocenters. The summed E-state index contributed by atoms with van der Waals surface area (Å²) in [5.41, 5.74) is 2.13. The molecular formula is C35H49F3O. The standard InChI is InChI=1S/C35H49F3O/c1-4-6-7-9-27-12-14-29(15-13-27)30-20-18-28(19-21-30)25(3)39-35(37,38)33-23-22-32(24-34(33)36)31-16-10-26(8-5-2)11-17-31/h18-27,29,31H,4-17H2,1-3H3. The fraction of sp³-hybridized carbons (Fsp3) is 0.657. The molecule has 2 aliphatic rings. The van der Waals surface area contributed by atoms with Crippen LogP contribution in [0.5, 0.6) is 0 Å². The van der Waals surface area contributed by atoms with E-state index in [1.165, 1.54) is 81.9 Å². The van der Waals surface area contributed by atoms with Crippen LogP contribution < -0.4 is 0 Å². The molecule has 0 heterocycles. The van der Waals surface area contributed by atoms with E-state index in [-0.39, 0.29) is 5.92 Å². The largest absolute Gasteiger partial charge is 0.386 e. The van der Waals surface area contributed by atoms with Gasteiger partial charge in [0.2, 0.25) is 0 Å². The van der Waals surface area contributed by atoms with Crippen LogP contribution in [0.4, 0.5) is 13.2 Å². The van der Waals surface area contributed by atoms with Gasteiger partial charge in [-0.25, -0.2) is 4.39 Å². The Kier molecular flexibility index (Phi) is 11.0. The molecular weight excluding hydrogens is 493 g/mol. The predicted molar refractivity (Wildman–Crippen MR) is 155 cm³/mol. The molecule has 0 spiro atoms. The number of benzene rings is 2. The van der Waals surface area contributed by atoms with Gasteiger partial charge in [-0.15, -0.1) is 0 Å². The molecule has 1 unspecified atom stereocenters. The van der Waals surface area contributed by atoms with Crippen LogP contribution in [0.15, 0.2) is 42.5 Å². The zero-order valence-electron chi connectivity index (χ0n) is 24.4. The van der Waals surface area contributed by atoms with Crippen molar-refractivity contribution in [2.75, 3.05) is 0 Å². The SMILES string of the molecule is CCCCCC1CCC(c2ccc(C(C)OC(F)(F)c3ccc(C4CCC(CCC)CC4)cc3F)cc2)CC1. The second kappa shape index (κ2) is 14.2. The van der Waals surface area contributed by atoms with Gasteiger partial charge in [0.05, 0.1) is 11.7 Å². The summed E-state index contributed by atoms with van der Waals surface area (Å²) < 4.78 is 50.4. The van der Waals surface area contributed by atoms with E-state index in [1.807, 2.05) is 12.1 Å². The molecule has 4 heteroatoms. The maximum absolute atomic E-state index is 15.1. The molecule has 0 N–H and O–H groups in total. The topological polar surface area (TPSA) is 9.23 Å². The number of hydrogen-bond donors (Lipinski definition) is 0. The average molecular weight is 543 g/mol. The van der Waals surface area contributed by atoms with Gasteiger partial charge in [-0.3, -0.25) is 0 Å². The molecule has 2 aliphatic carbocycles. The highest BCUT2D eigenvalue weighted by atomic mass is 19.3. The molecule has 39 heavy (non-hydrogen) atoms. The van der Waals surface area contributed by atoms with Crippen LogP contribution in [-0.4, -0.2) is 0 Å². The van der Waals surface area contributed by atoms with Gasteiger partial charge in [-0.1, -0.05) is 82.7 Å². The Morgan fingerprint density at radius 3 is 1.87 bits per heavy atom. The van der Waals surface area contributed by atoms with Crippen molar-refractivity contribution in [3.05, 3.63) is 70.5 Å². The molecule has 2 aromatic carbocycles. The van der Waals surface area contributed by atoms with E-state index in [2.05, 4.69) is 26.0 Å². The number of alkyl halides is 2. The Morgan fingerprint density at radius 2 is 1.31 bits per heavy atom. The molecule has 0 radical (unpaired) electrons. The maximum atomic E-state index is 15.1. The number of rotatable bonds is 12. The fourth-order valence-corrected chi connectivity index (χ4v) is 7.07. The van der Waals surface area contributed by atoms with Crippen LogP contribution in [0, 0.1) is 17.7 Å². The third-order valence-electron chi connectivity index (χ3n) is 9.59. The molecule has 1 nitrogen and oxygen atoms in total. The van der Waals surface area contributed by atoms with Gasteiger partial charge in [0.1, 0.15) is 5.82 Å². The summed E-state index contributed by atoms with van der Waals surface area (Å²) in [7, 11) is 0. The van der Waals surface area contributed by atoms with E-state index < -0.39 is 23.6 Å². The Labute approximate surface area is 234 Å². The first kappa shape index (κ1) is 30.2. The van der Waals surface area contributed by atoms with Gasteiger partial charge in [0.15, 0.2) is 0 Å². The first-order chi connectivity index (χ1) is 18.8. The van der Waals surface area contributed by atoms with E-state index in [1.54, 1.807) is 13.0 Å². The van der Waals surface area contributed by atoms with Crippen LogP contribution in [0.25, 0.3) is 0 Å². The van der Waals surface area contributed by atoms with Crippen molar-refractivity contribution in [2.24, 2.45) is 11.8 Å². The summed E-state index contributed by atoms with van der Waals surface area (Å²) in [6, 6.07) is 12.2. The second-order valence-corrected chi connectivity index (χ2v) is 12.4. The number of unbranched alkanes of at least 4 members (excludes halogenated alkanes) is 2. The third-order valence-corrected chi connectivity index (χ3v) is 9.59. The minimum Gasteiger partial charge on any atom is -0.309 e. The summed E-state index contributed by atoms with van der Waals surface area (Å²) in [5, 5.41) is 0. The van der Waals surface area contributed by atoms with E-state index in [9.17, 15) is 4.39 Å². The Hall–Kier alpha value is -1.81. The van der Waals surface area contributed by atoms with Gasteiger partial charge in [0.25, 0.3) is 0 Å². The number of hydrogen-bond acceptors (Lipinski definition) is 1. The highest BCUT2D eigenvalue weighted by Gasteiger charge is 2.38. The molecule has 4 rings (SSSR count). The monoisotopic (exact) mass is 542 g/mol. The van der Waals surface area contributed by atoms with E-state index >= 15 is 8.78 Å². The lowest BCUT2D eigenvalue weighted by atomic mass is 9.77. The van der Waals surface area contributed by atoms with Crippen LogP contribution in [-0.2, 0) is 10.8 Å². The summed E-state index contributed by atoms with van der Waals surface area (Å²) in [6.07, 6.45) is 12.4. The average Bonchev–Trinajstić information content (AvgIpc) is 2.94. The number of ether oxygens (including phenoxy) is 1. The first-order valence-corrected chi connectivity index (χ1v) is 15.8. The first-order valence-electron chi connectivity index (χ1n) is 15.8. The van der Waals surface area contributed by atoms with E-state index in [0.29, 0.717) is 11.5 Å². The van der Waals surface area contributed by atoms with Crippen LogP contribution in [0.1, 0.15) is 151 Å². The summed E-state index contributed by atoms with van der Waals surface area (Å²) >= 11 is 0. The van der Waals surface area contributed by atoms with Gasteiger partial charge in [0, 0.05) is 0 Å². The lowest BCUT2D eigenvalue weighted by molar-refractivity contribution is -0.273. The third kappa shape index (κ3) is 8.12. The lowest BCUT2D eigenvalue weighted by Crippen LogP contribution is -2.22. The van der Waals surface area contributed by atoms with Crippen LogP contribution in [0.2, 0.25) is 0 Å². The Balaban J connectivity index is 1.31. The van der Waals surface area contributed by atoms with Crippen molar-refractivity contribution >= 4 is 0 Å². The van der Waals surface area contributed by atoms with Crippen LogP contribution in [0.3, 0.4) is 0 Å². The summed E-state index contributed by atoms with van der Waals surface area (Å²) in [5.74, 6) is 1.54. The quantitative estimate of drug-likeness (QED) is 0.242. The zero-order chi connectivity index (χ0) is 27.8. The second-order valence-electron chi connectivity index (χ2n) is 12.4. The van der Waals surface area contributed by atoms with E-state index in [4.69, 9.17) is 4.74 Å².